The molecule has 0 aliphatic rings. The van der Waals surface area contributed by atoms with E-state index < -0.39 is 0 Å². The second kappa shape index (κ2) is 15.7. The molecule has 0 saturated heterocycles. The molecule has 64 heavy (non-hydrogen) atoms. The first-order valence-electron chi connectivity index (χ1n) is 21.7. The summed E-state index contributed by atoms with van der Waals surface area (Å²) in [6.45, 7) is 0. The average Bonchev–Trinajstić information content (AvgIpc) is 3.37. The zero-order valence-corrected chi connectivity index (χ0v) is 34.9. The quantitative estimate of drug-likeness (QED) is 0.143. The minimum absolute atomic E-state index is 0.831. The minimum Gasteiger partial charge on any atom is -0.310 e. The fourth-order valence-corrected chi connectivity index (χ4v) is 9.41. The van der Waals surface area contributed by atoms with E-state index in [0.29, 0.717) is 0 Å². The van der Waals surface area contributed by atoms with Crippen molar-refractivity contribution in [1.82, 2.24) is 9.97 Å². The van der Waals surface area contributed by atoms with Gasteiger partial charge >= 0.3 is 0 Å². The van der Waals surface area contributed by atoms with E-state index in [2.05, 4.69) is 252 Å². The van der Waals surface area contributed by atoms with Gasteiger partial charge in [0.05, 0.1) is 33.8 Å². The van der Waals surface area contributed by atoms with Gasteiger partial charge in [-0.1, -0.05) is 182 Å². The summed E-state index contributed by atoms with van der Waals surface area (Å²) in [6, 6.07) is 86.2. The van der Waals surface area contributed by atoms with Crippen LogP contribution in [0.1, 0.15) is 0 Å². The molecule has 0 aliphatic carbocycles. The van der Waals surface area contributed by atoms with Crippen molar-refractivity contribution in [2.45, 2.75) is 0 Å². The van der Waals surface area contributed by atoms with E-state index in [9.17, 15) is 0 Å². The van der Waals surface area contributed by atoms with E-state index in [4.69, 9.17) is 9.97 Å². The molecule has 4 nitrogen and oxygen atoms in total. The summed E-state index contributed by atoms with van der Waals surface area (Å²) in [5, 5.41) is 9.28. The van der Waals surface area contributed by atoms with Crippen molar-refractivity contribution < 1.29 is 0 Å². The van der Waals surface area contributed by atoms with Gasteiger partial charge in [0, 0.05) is 55.4 Å². The largest absolute Gasteiger partial charge is 0.310 e. The van der Waals surface area contributed by atoms with Gasteiger partial charge in [0.2, 0.25) is 0 Å². The first-order valence-corrected chi connectivity index (χ1v) is 21.7. The van der Waals surface area contributed by atoms with Gasteiger partial charge in [0.15, 0.2) is 0 Å². The monoisotopic (exact) mass is 816 g/mol. The zero-order valence-electron chi connectivity index (χ0n) is 34.9. The molecule has 0 spiro atoms. The normalized spacial score (nSPS) is 11.4. The van der Waals surface area contributed by atoms with Gasteiger partial charge in [0.1, 0.15) is 0 Å². The van der Waals surface area contributed by atoms with E-state index in [1.807, 2.05) is 0 Å². The third kappa shape index (κ3) is 6.40. The Hall–Kier alpha value is -8.60. The number of hydrogen-bond acceptors (Lipinski definition) is 4. The third-order valence-electron chi connectivity index (χ3n) is 12.4. The van der Waals surface area contributed by atoms with Gasteiger partial charge in [0.25, 0.3) is 0 Å². The highest BCUT2D eigenvalue weighted by Gasteiger charge is 2.21. The molecule has 1 heterocycles. The summed E-state index contributed by atoms with van der Waals surface area (Å²) in [5.41, 5.74) is 11.9. The fraction of sp³-hybridized carbons (Fsp3) is 0. The lowest BCUT2D eigenvalue weighted by atomic mass is 9.97. The standard InChI is InChI=1S/C60H40N4/c1-3-21-45(22-4-1)63(55-31-15-19-41-17-7-9-25-49(41)55)47-37-33-43(34-38-47)57-58(62-60-54-30-14-12-28-52(54)51-27-11-13-29-53(51)59(60)61-57)44-35-39-48(40-36-44)64(46-23-5-2-6-24-46)56-32-16-20-42-18-8-10-26-50(42)56/h1-40H. The van der Waals surface area contributed by atoms with Crippen LogP contribution in [-0.2, 0) is 0 Å². The second-order valence-electron chi connectivity index (χ2n) is 16.1. The van der Waals surface area contributed by atoms with E-state index >= 15 is 0 Å². The van der Waals surface area contributed by atoms with E-state index in [0.717, 1.165) is 78.4 Å². The van der Waals surface area contributed by atoms with Gasteiger partial charge < -0.3 is 9.80 Å². The molecule has 0 aliphatic heterocycles. The fourth-order valence-electron chi connectivity index (χ4n) is 9.41. The predicted octanol–water partition coefficient (Wildman–Crippen LogP) is 16.5. The molecule has 0 unspecified atom stereocenters. The van der Waals surface area contributed by atoms with Gasteiger partial charge in [-0.05, 0) is 82.2 Å². The maximum atomic E-state index is 5.63. The van der Waals surface area contributed by atoms with Crippen LogP contribution in [0.5, 0.6) is 0 Å². The lowest BCUT2D eigenvalue weighted by Gasteiger charge is -2.27. The maximum absolute atomic E-state index is 5.63. The van der Waals surface area contributed by atoms with Crippen LogP contribution >= 0.6 is 0 Å². The summed E-state index contributed by atoms with van der Waals surface area (Å²) in [4.78, 5) is 15.9. The topological polar surface area (TPSA) is 32.3 Å². The van der Waals surface area contributed by atoms with Gasteiger partial charge in [-0.2, -0.15) is 0 Å². The van der Waals surface area contributed by atoms with Crippen molar-refractivity contribution in [1.29, 1.82) is 0 Å². The molecule has 4 heteroatoms. The number of fused-ring (bicyclic) bond motifs is 8. The highest BCUT2D eigenvalue weighted by molar-refractivity contribution is 6.23. The molecule has 0 bridgehead atoms. The molecule has 300 valence electrons. The van der Waals surface area contributed by atoms with E-state index in [1.54, 1.807) is 0 Å². The van der Waals surface area contributed by atoms with Crippen molar-refractivity contribution in [3.63, 3.8) is 0 Å². The summed E-state index contributed by atoms with van der Waals surface area (Å²) >= 11 is 0. The Labute approximate surface area is 371 Å². The lowest BCUT2D eigenvalue weighted by Crippen LogP contribution is -2.10. The average molecular weight is 817 g/mol. The Morgan fingerprint density at radius 2 is 0.547 bits per heavy atom. The van der Waals surface area contributed by atoms with Gasteiger partial charge in [-0.3, -0.25) is 0 Å². The number of rotatable bonds is 8. The molecule has 0 amide bonds. The van der Waals surface area contributed by atoms with Gasteiger partial charge in [-0.15, -0.1) is 0 Å². The van der Waals surface area contributed by atoms with Crippen LogP contribution in [0, 0.1) is 0 Å². The van der Waals surface area contributed by atoms with Crippen molar-refractivity contribution >= 4 is 88.2 Å². The number of hydrogen-bond donors (Lipinski definition) is 0. The first-order chi connectivity index (χ1) is 31.8. The molecule has 12 aromatic rings. The zero-order chi connectivity index (χ0) is 42.4. The van der Waals surface area contributed by atoms with Crippen LogP contribution in [0.3, 0.4) is 0 Å². The Morgan fingerprint density at radius 1 is 0.234 bits per heavy atom. The number of aromatic nitrogens is 2. The van der Waals surface area contributed by atoms with Crippen LogP contribution in [0.4, 0.5) is 34.1 Å². The summed E-state index contributed by atoms with van der Waals surface area (Å²) in [7, 11) is 0. The number of benzene rings is 11. The smallest absolute Gasteiger partial charge is 0.0979 e. The lowest BCUT2D eigenvalue weighted by molar-refractivity contribution is 1.28. The molecular formula is C60H40N4. The molecule has 0 saturated carbocycles. The SMILES string of the molecule is c1ccc(N(c2ccc(-c3nc4c5ccccc5c5ccccc5c4nc3-c3ccc(N(c4ccccc4)c4cccc5ccccc45)cc3)cc2)c2cccc3ccccc23)cc1. The first kappa shape index (κ1) is 37.2. The highest BCUT2D eigenvalue weighted by atomic mass is 15.1. The minimum atomic E-state index is 0.831. The van der Waals surface area contributed by atoms with Crippen LogP contribution in [0.2, 0.25) is 0 Å². The molecule has 11 aromatic carbocycles. The number of para-hydroxylation sites is 2. The maximum Gasteiger partial charge on any atom is 0.0979 e. The van der Waals surface area contributed by atoms with Crippen LogP contribution < -0.4 is 9.80 Å². The number of anilines is 6. The summed E-state index contributed by atoms with van der Waals surface area (Å²) < 4.78 is 0. The molecule has 0 fully saturated rings. The van der Waals surface area contributed by atoms with Crippen LogP contribution in [0.15, 0.2) is 243 Å². The molecule has 0 radical (unpaired) electrons. The third-order valence-corrected chi connectivity index (χ3v) is 12.4. The second-order valence-corrected chi connectivity index (χ2v) is 16.1. The molecule has 0 atom stereocenters. The molecule has 12 rings (SSSR count). The Kier molecular flexibility index (Phi) is 9.12. The number of nitrogens with zero attached hydrogens (tertiary/aromatic N) is 4. The van der Waals surface area contributed by atoms with Crippen LogP contribution in [-0.4, -0.2) is 9.97 Å². The van der Waals surface area contributed by atoms with Crippen LogP contribution in [0.25, 0.3) is 76.6 Å². The summed E-state index contributed by atoms with van der Waals surface area (Å²) in [5.74, 6) is 0. The molecule has 0 N–H and O–H groups in total. The highest BCUT2D eigenvalue weighted by Crippen LogP contribution is 2.43. The Balaban J connectivity index is 1.04. The predicted molar refractivity (Wildman–Crippen MR) is 270 cm³/mol. The van der Waals surface area contributed by atoms with Crippen molar-refractivity contribution in [2.24, 2.45) is 0 Å². The summed E-state index contributed by atoms with van der Waals surface area (Å²) in [6.07, 6.45) is 0. The Morgan fingerprint density at radius 3 is 0.953 bits per heavy atom. The van der Waals surface area contributed by atoms with Crippen molar-refractivity contribution in [3.8, 4) is 22.5 Å². The van der Waals surface area contributed by atoms with Gasteiger partial charge in [-0.25, -0.2) is 9.97 Å². The van der Waals surface area contributed by atoms with Crippen molar-refractivity contribution in [2.75, 3.05) is 9.80 Å². The Bertz CT molecular complexity index is 3410. The van der Waals surface area contributed by atoms with E-state index in [1.165, 1.54) is 32.3 Å². The van der Waals surface area contributed by atoms with Crippen molar-refractivity contribution in [3.05, 3.63) is 243 Å². The molecular weight excluding hydrogens is 777 g/mol. The van der Waals surface area contributed by atoms with E-state index in [-0.39, 0.29) is 0 Å². The molecule has 1 aromatic heterocycles.